The first-order chi connectivity index (χ1) is 11.2. The maximum absolute atomic E-state index is 12.1. The highest BCUT2D eigenvalue weighted by atomic mass is 16.3. The van der Waals surface area contributed by atoms with Gasteiger partial charge in [-0.3, -0.25) is 9.48 Å². The smallest absolute Gasteiger partial charge is 0.246 e. The van der Waals surface area contributed by atoms with Crippen molar-refractivity contribution in [1.82, 2.24) is 14.7 Å². The van der Waals surface area contributed by atoms with Crippen LogP contribution in [0.2, 0.25) is 0 Å². The van der Waals surface area contributed by atoms with Crippen molar-refractivity contribution in [2.24, 2.45) is 0 Å². The van der Waals surface area contributed by atoms with Crippen LogP contribution in [0.3, 0.4) is 0 Å². The molecule has 5 heteroatoms. The van der Waals surface area contributed by atoms with Crippen molar-refractivity contribution < 1.29 is 9.21 Å². The summed E-state index contributed by atoms with van der Waals surface area (Å²) in [6, 6.07) is 4.46. The van der Waals surface area contributed by atoms with Gasteiger partial charge < -0.3 is 9.32 Å². The molecule has 1 aliphatic rings. The number of hydrogen-bond donors (Lipinski definition) is 0. The van der Waals surface area contributed by atoms with Crippen LogP contribution >= 0.6 is 0 Å². The lowest BCUT2D eigenvalue weighted by Crippen LogP contribution is -2.28. The van der Waals surface area contributed by atoms with E-state index < -0.39 is 0 Å². The second kappa shape index (κ2) is 6.86. The lowest BCUT2D eigenvalue weighted by atomic mass is 10.2. The van der Waals surface area contributed by atoms with Gasteiger partial charge in [0.1, 0.15) is 5.76 Å². The zero-order valence-electron chi connectivity index (χ0n) is 13.6. The van der Waals surface area contributed by atoms with Crippen molar-refractivity contribution in [2.75, 3.05) is 0 Å². The zero-order chi connectivity index (χ0) is 16.2. The fourth-order valence-corrected chi connectivity index (χ4v) is 3.17. The van der Waals surface area contributed by atoms with Gasteiger partial charge >= 0.3 is 0 Å². The van der Waals surface area contributed by atoms with E-state index >= 15 is 0 Å². The van der Waals surface area contributed by atoms with Crippen LogP contribution in [0, 0.1) is 6.92 Å². The Hall–Kier alpha value is -2.30. The summed E-state index contributed by atoms with van der Waals surface area (Å²) in [6.45, 7) is 6.47. The van der Waals surface area contributed by atoms with E-state index in [1.165, 1.54) is 31.8 Å². The van der Waals surface area contributed by atoms with E-state index in [-0.39, 0.29) is 5.91 Å². The Morgan fingerprint density at radius 3 is 2.91 bits per heavy atom. The third-order valence-electron chi connectivity index (χ3n) is 4.36. The Morgan fingerprint density at radius 2 is 2.26 bits per heavy atom. The highest BCUT2D eigenvalue weighted by Crippen LogP contribution is 2.28. The molecule has 5 nitrogen and oxygen atoms in total. The molecule has 0 bridgehead atoms. The average molecular weight is 313 g/mol. The lowest BCUT2D eigenvalue weighted by molar-refractivity contribution is -0.127. The van der Waals surface area contributed by atoms with Crippen LogP contribution in [0.5, 0.6) is 0 Å². The van der Waals surface area contributed by atoms with Crippen molar-refractivity contribution >= 4 is 5.91 Å². The molecule has 2 heterocycles. The summed E-state index contributed by atoms with van der Waals surface area (Å²) in [7, 11) is 0. The minimum Gasteiger partial charge on any atom is -0.469 e. The van der Waals surface area contributed by atoms with E-state index in [1.807, 2.05) is 25.3 Å². The number of carbonyl (C=O) groups excluding carboxylic acids is 1. The van der Waals surface area contributed by atoms with Crippen molar-refractivity contribution in [1.29, 1.82) is 0 Å². The molecule has 122 valence electrons. The molecule has 0 aromatic carbocycles. The van der Waals surface area contributed by atoms with Crippen LogP contribution in [-0.4, -0.2) is 20.6 Å². The SMILES string of the molecule is C=CC(=O)N(Cc1coc(C)c1)Cc1ccn(C2CCCC2)n1. The van der Waals surface area contributed by atoms with Crippen LogP contribution in [0.15, 0.2) is 41.7 Å². The second-order valence-electron chi connectivity index (χ2n) is 6.19. The molecule has 3 rings (SSSR count). The summed E-state index contributed by atoms with van der Waals surface area (Å²) in [5.74, 6) is 0.746. The molecular formula is C18H23N3O2. The van der Waals surface area contributed by atoms with Crippen molar-refractivity contribution in [2.45, 2.75) is 51.7 Å². The number of carbonyl (C=O) groups is 1. The summed E-state index contributed by atoms with van der Waals surface area (Å²) in [5, 5.41) is 4.66. The van der Waals surface area contributed by atoms with Crippen molar-refractivity contribution in [3.8, 4) is 0 Å². The Balaban J connectivity index is 1.70. The van der Waals surface area contributed by atoms with Crippen molar-refractivity contribution in [3.05, 3.63) is 54.3 Å². The number of amides is 1. The summed E-state index contributed by atoms with van der Waals surface area (Å²) in [6.07, 6.45) is 10.0. The fraction of sp³-hybridized carbons (Fsp3) is 0.444. The van der Waals surface area contributed by atoms with E-state index in [4.69, 9.17) is 4.42 Å². The van der Waals surface area contributed by atoms with Gasteiger partial charge in [-0.15, -0.1) is 0 Å². The largest absolute Gasteiger partial charge is 0.469 e. The van der Waals surface area contributed by atoms with Gasteiger partial charge in [-0.25, -0.2) is 0 Å². The van der Waals surface area contributed by atoms with Gasteiger partial charge in [0, 0.05) is 18.3 Å². The third kappa shape index (κ3) is 3.73. The summed E-state index contributed by atoms with van der Waals surface area (Å²) < 4.78 is 7.37. The fourth-order valence-electron chi connectivity index (χ4n) is 3.17. The number of rotatable bonds is 6. The Bertz CT molecular complexity index is 680. The van der Waals surface area contributed by atoms with E-state index in [0.29, 0.717) is 19.1 Å². The maximum atomic E-state index is 12.1. The molecule has 23 heavy (non-hydrogen) atoms. The van der Waals surface area contributed by atoms with Crippen LogP contribution in [0.4, 0.5) is 0 Å². The molecule has 1 aliphatic carbocycles. The van der Waals surface area contributed by atoms with E-state index in [9.17, 15) is 4.79 Å². The van der Waals surface area contributed by atoms with Crippen LogP contribution in [0.1, 0.15) is 48.7 Å². The quantitative estimate of drug-likeness (QED) is 0.765. The predicted octanol–water partition coefficient (Wildman–Crippen LogP) is 3.61. The number of hydrogen-bond acceptors (Lipinski definition) is 3. The topological polar surface area (TPSA) is 51.3 Å². The van der Waals surface area contributed by atoms with Crippen LogP contribution in [-0.2, 0) is 17.9 Å². The molecule has 1 fully saturated rings. The summed E-state index contributed by atoms with van der Waals surface area (Å²) in [4.78, 5) is 13.9. The molecule has 2 aromatic heterocycles. The molecule has 0 unspecified atom stereocenters. The van der Waals surface area contributed by atoms with Crippen LogP contribution in [0.25, 0.3) is 0 Å². The van der Waals surface area contributed by atoms with Gasteiger partial charge in [-0.2, -0.15) is 5.10 Å². The number of furan rings is 1. The maximum Gasteiger partial charge on any atom is 0.246 e. The van der Waals surface area contributed by atoms with Gasteiger partial charge in [0.25, 0.3) is 0 Å². The lowest BCUT2D eigenvalue weighted by Gasteiger charge is -2.19. The van der Waals surface area contributed by atoms with Gasteiger partial charge in [0.2, 0.25) is 5.91 Å². The van der Waals surface area contributed by atoms with Crippen LogP contribution < -0.4 is 0 Å². The monoisotopic (exact) mass is 313 g/mol. The minimum atomic E-state index is -0.0979. The Labute approximate surface area is 136 Å². The minimum absolute atomic E-state index is 0.0979. The molecule has 0 radical (unpaired) electrons. The van der Waals surface area contributed by atoms with Gasteiger partial charge in [-0.05, 0) is 38.0 Å². The second-order valence-corrected chi connectivity index (χ2v) is 6.19. The molecule has 1 saturated carbocycles. The van der Waals surface area contributed by atoms with E-state index in [0.717, 1.165) is 17.0 Å². The molecule has 2 aromatic rings. The Kier molecular flexibility index (Phi) is 4.65. The molecule has 0 N–H and O–H groups in total. The summed E-state index contributed by atoms with van der Waals surface area (Å²) in [5.41, 5.74) is 1.89. The van der Waals surface area contributed by atoms with Gasteiger partial charge in [0.05, 0.1) is 24.5 Å². The third-order valence-corrected chi connectivity index (χ3v) is 4.36. The molecule has 0 saturated heterocycles. The normalized spacial score (nSPS) is 15.0. The number of nitrogens with zero attached hydrogens (tertiary/aromatic N) is 3. The standard InChI is InChI=1S/C18H23N3O2/c1-3-18(22)20(11-15-10-14(2)23-13-15)12-16-8-9-21(19-16)17-6-4-5-7-17/h3,8-10,13,17H,1,4-7,11-12H2,2H3. The zero-order valence-corrected chi connectivity index (χ0v) is 13.6. The first-order valence-corrected chi connectivity index (χ1v) is 8.15. The first kappa shape index (κ1) is 15.6. The molecule has 0 aliphatic heterocycles. The van der Waals surface area contributed by atoms with Gasteiger partial charge in [-0.1, -0.05) is 19.4 Å². The molecular weight excluding hydrogens is 290 g/mol. The number of aryl methyl sites for hydroxylation is 1. The van der Waals surface area contributed by atoms with Gasteiger partial charge in [0.15, 0.2) is 0 Å². The average Bonchev–Trinajstić information content (AvgIpc) is 3.27. The molecule has 0 atom stereocenters. The van der Waals surface area contributed by atoms with E-state index in [2.05, 4.69) is 16.4 Å². The highest BCUT2D eigenvalue weighted by Gasteiger charge is 2.19. The molecule has 0 spiro atoms. The van der Waals surface area contributed by atoms with Crippen molar-refractivity contribution in [3.63, 3.8) is 0 Å². The molecule has 1 amide bonds. The summed E-state index contributed by atoms with van der Waals surface area (Å²) >= 11 is 0. The van der Waals surface area contributed by atoms with E-state index in [1.54, 1.807) is 11.2 Å². The Morgan fingerprint density at radius 1 is 1.48 bits per heavy atom. The predicted molar refractivity (Wildman–Crippen MR) is 87.6 cm³/mol. The highest BCUT2D eigenvalue weighted by molar-refractivity contribution is 5.86. The first-order valence-electron chi connectivity index (χ1n) is 8.15. The number of aromatic nitrogens is 2.